The van der Waals surface area contributed by atoms with E-state index in [0.717, 1.165) is 29.8 Å². The van der Waals surface area contributed by atoms with Crippen molar-refractivity contribution in [3.8, 4) is 0 Å². The van der Waals surface area contributed by atoms with Crippen LogP contribution in [0.2, 0.25) is 0 Å². The van der Waals surface area contributed by atoms with E-state index in [9.17, 15) is 14.4 Å². The Labute approximate surface area is 200 Å². The maximum Gasteiger partial charge on any atom is 0.287 e. The van der Waals surface area contributed by atoms with Gasteiger partial charge < -0.3 is 26.7 Å². The third-order valence-corrected chi connectivity index (χ3v) is 6.40. The summed E-state index contributed by atoms with van der Waals surface area (Å²) in [4.78, 5) is 45.8. The van der Waals surface area contributed by atoms with Crippen LogP contribution in [-0.2, 0) is 24.3 Å². The number of amides is 1. The number of allylic oxidation sites excluding steroid dienone is 2. The van der Waals surface area contributed by atoms with E-state index < -0.39 is 11.5 Å². The lowest BCUT2D eigenvalue weighted by molar-refractivity contribution is -0.113. The fraction of sp³-hybridized carbons (Fsp3) is 0.154. The summed E-state index contributed by atoms with van der Waals surface area (Å²) >= 11 is 0. The second-order valence-corrected chi connectivity index (χ2v) is 8.70. The molecule has 0 atom stereocenters. The lowest BCUT2D eigenvalue weighted by atomic mass is 9.89. The van der Waals surface area contributed by atoms with Crippen molar-refractivity contribution in [3.05, 3.63) is 105 Å². The molecule has 1 aromatic heterocycles. The van der Waals surface area contributed by atoms with Crippen LogP contribution in [0.25, 0.3) is 16.6 Å². The summed E-state index contributed by atoms with van der Waals surface area (Å²) in [6.45, 7) is 9.11. The Bertz CT molecular complexity index is 1550. The van der Waals surface area contributed by atoms with Crippen LogP contribution in [-0.4, -0.2) is 33.1 Å². The predicted molar refractivity (Wildman–Crippen MR) is 133 cm³/mol. The molecule has 5 rings (SSSR count). The van der Waals surface area contributed by atoms with Crippen molar-refractivity contribution in [1.29, 1.82) is 0 Å². The van der Waals surface area contributed by atoms with Crippen molar-refractivity contribution in [3.63, 3.8) is 0 Å². The lowest BCUT2D eigenvalue weighted by Gasteiger charge is -2.37. The largest absolute Gasteiger partial charge is 0.399 e. The zero-order valence-corrected chi connectivity index (χ0v) is 19.0. The van der Waals surface area contributed by atoms with E-state index >= 15 is 0 Å². The van der Waals surface area contributed by atoms with Crippen molar-refractivity contribution in [2.24, 2.45) is 11.5 Å². The SMILES string of the molecule is C=C1C(=O)C(N)=C1N1CCc2ccc(CNC(=O)c3nc4ccc(C(=C)N)cc4c(=O)[nH]3)cc2C1. The van der Waals surface area contributed by atoms with E-state index in [1.54, 1.807) is 18.2 Å². The Morgan fingerprint density at radius 2 is 1.97 bits per heavy atom. The highest BCUT2D eigenvalue weighted by molar-refractivity contribution is 6.18. The molecule has 2 aromatic carbocycles. The number of H-pyrrole nitrogens is 1. The first-order valence-electron chi connectivity index (χ1n) is 11.1. The summed E-state index contributed by atoms with van der Waals surface area (Å²) in [5.41, 5.74) is 17.2. The molecule has 2 aliphatic rings. The molecule has 3 aromatic rings. The summed E-state index contributed by atoms with van der Waals surface area (Å²) in [7, 11) is 0. The molecule has 0 spiro atoms. The summed E-state index contributed by atoms with van der Waals surface area (Å²) in [6.07, 6.45) is 0.821. The van der Waals surface area contributed by atoms with Crippen molar-refractivity contribution >= 4 is 28.3 Å². The molecule has 0 saturated carbocycles. The number of carbonyl (C=O) groups excluding carboxylic acids is 2. The van der Waals surface area contributed by atoms with E-state index in [1.165, 1.54) is 5.56 Å². The van der Waals surface area contributed by atoms with Gasteiger partial charge in [-0.1, -0.05) is 37.4 Å². The second-order valence-electron chi connectivity index (χ2n) is 8.70. The van der Waals surface area contributed by atoms with Crippen molar-refractivity contribution in [2.45, 2.75) is 19.5 Å². The van der Waals surface area contributed by atoms with Gasteiger partial charge in [0.25, 0.3) is 11.5 Å². The first kappa shape index (κ1) is 22.1. The molecular formula is C26H24N6O3. The minimum Gasteiger partial charge on any atom is -0.399 e. The zero-order chi connectivity index (χ0) is 24.9. The summed E-state index contributed by atoms with van der Waals surface area (Å²) in [5, 5.41) is 3.14. The number of Topliss-reactive ketones (excluding diaryl/α,β-unsaturated/α-hetero) is 1. The molecule has 0 unspecified atom stereocenters. The van der Waals surface area contributed by atoms with Crippen molar-refractivity contribution < 1.29 is 9.59 Å². The first-order valence-corrected chi connectivity index (χ1v) is 11.1. The molecule has 2 heterocycles. The molecule has 1 aliphatic heterocycles. The third-order valence-electron chi connectivity index (χ3n) is 6.40. The summed E-state index contributed by atoms with van der Waals surface area (Å²) in [5.74, 6) is -0.743. The van der Waals surface area contributed by atoms with Crippen LogP contribution in [0.5, 0.6) is 0 Å². The lowest BCUT2D eigenvalue weighted by Crippen LogP contribution is -2.40. The monoisotopic (exact) mass is 468 g/mol. The smallest absolute Gasteiger partial charge is 0.287 e. The van der Waals surface area contributed by atoms with E-state index in [0.29, 0.717) is 34.3 Å². The van der Waals surface area contributed by atoms with Crippen LogP contribution < -0.4 is 22.3 Å². The molecule has 9 nitrogen and oxygen atoms in total. The maximum absolute atomic E-state index is 12.7. The van der Waals surface area contributed by atoms with E-state index in [-0.39, 0.29) is 23.8 Å². The van der Waals surface area contributed by atoms with Crippen molar-refractivity contribution in [1.82, 2.24) is 20.2 Å². The van der Waals surface area contributed by atoms with Crippen LogP contribution in [0, 0.1) is 0 Å². The van der Waals surface area contributed by atoms with E-state index in [1.807, 2.05) is 18.2 Å². The maximum atomic E-state index is 12.7. The van der Waals surface area contributed by atoms with Gasteiger partial charge in [0.15, 0.2) is 5.82 Å². The van der Waals surface area contributed by atoms with Gasteiger partial charge in [-0.05, 0) is 40.8 Å². The molecule has 6 N–H and O–H groups in total. The molecule has 0 saturated heterocycles. The summed E-state index contributed by atoms with van der Waals surface area (Å²) < 4.78 is 0. The van der Waals surface area contributed by atoms with Crippen LogP contribution in [0.15, 0.2) is 71.3 Å². The number of hydrogen-bond donors (Lipinski definition) is 4. The predicted octanol–water partition coefficient (Wildman–Crippen LogP) is 1.45. The summed E-state index contributed by atoms with van der Waals surface area (Å²) in [6, 6.07) is 11.0. The molecule has 0 fully saturated rings. The minimum absolute atomic E-state index is 0.0680. The quantitative estimate of drug-likeness (QED) is 0.414. The standard InChI is InChI=1S/C26H24N6O3/c1-13-22(21(28)23(13)33)32-8-7-16-4-3-15(9-18(16)12-32)11-29-26(35)24-30-20-6-5-17(14(2)27)10-19(20)25(34)31-24/h3-6,9-10H,1-2,7-8,11-12,27-28H2,(H,29,35)(H,30,31,34). The average molecular weight is 469 g/mol. The van der Waals surface area contributed by atoms with Gasteiger partial charge in [0.05, 0.1) is 16.6 Å². The fourth-order valence-corrected chi connectivity index (χ4v) is 4.46. The molecule has 1 amide bonds. The first-order chi connectivity index (χ1) is 16.7. The van der Waals surface area contributed by atoms with Gasteiger partial charge in [0.1, 0.15) is 5.70 Å². The second kappa shape index (κ2) is 8.28. The Morgan fingerprint density at radius 1 is 1.17 bits per heavy atom. The average Bonchev–Trinajstić information content (AvgIpc) is 2.86. The Balaban J connectivity index is 1.31. The van der Waals surface area contributed by atoms with Gasteiger partial charge in [-0.15, -0.1) is 0 Å². The highest BCUT2D eigenvalue weighted by atomic mass is 16.2. The van der Waals surface area contributed by atoms with Crippen molar-refractivity contribution in [2.75, 3.05) is 6.54 Å². The topological polar surface area (TPSA) is 147 Å². The number of nitrogens with one attached hydrogen (secondary N) is 2. The molecular weight excluding hydrogens is 444 g/mol. The number of nitrogens with zero attached hydrogens (tertiary/aromatic N) is 2. The Hall–Kier alpha value is -4.66. The van der Waals surface area contributed by atoms with Gasteiger partial charge in [-0.2, -0.15) is 0 Å². The van der Waals surface area contributed by atoms with Crippen LogP contribution in [0.4, 0.5) is 0 Å². The van der Waals surface area contributed by atoms with Gasteiger partial charge >= 0.3 is 0 Å². The highest BCUT2D eigenvalue weighted by Crippen LogP contribution is 2.33. The number of rotatable bonds is 5. The number of benzene rings is 2. The Kier molecular flexibility index (Phi) is 5.24. The minimum atomic E-state index is -0.488. The highest BCUT2D eigenvalue weighted by Gasteiger charge is 2.34. The van der Waals surface area contributed by atoms with Crippen LogP contribution in [0.3, 0.4) is 0 Å². The number of aromatic nitrogens is 2. The van der Waals surface area contributed by atoms with Gasteiger partial charge in [-0.3, -0.25) is 14.4 Å². The molecule has 1 aliphatic carbocycles. The fourth-order valence-electron chi connectivity index (χ4n) is 4.46. The molecule has 9 heteroatoms. The van der Waals surface area contributed by atoms with Gasteiger partial charge in [-0.25, -0.2) is 4.98 Å². The third kappa shape index (κ3) is 3.86. The molecule has 176 valence electrons. The van der Waals surface area contributed by atoms with Crippen LogP contribution in [0.1, 0.15) is 32.9 Å². The number of ketones is 1. The molecule has 35 heavy (non-hydrogen) atoms. The van der Waals surface area contributed by atoms with Crippen LogP contribution >= 0.6 is 0 Å². The Morgan fingerprint density at radius 3 is 2.71 bits per heavy atom. The number of nitrogens with two attached hydrogens (primary N) is 2. The van der Waals surface area contributed by atoms with E-state index in [2.05, 4.69) is 33.3 Å². The molecule has 0 radical (unpaired) electrons. The number of fused-ring (bicyclic) bond motifs is 2. The van der Waals surface area contributed by atoms with E-state index in [4.69, 9.17) is 11.5 Å². The number of aromatic amines is 1. The van der Waals surface area contributed by atoms with Gasteiger partial charge in [0, 0.05) is 30.9 Å². The normalized spacial score (nSPS) is 15.1. The van der Waals surface area contributed by atoms with Gasteiger partial charge in [0.2, 0.25) is 5.78 Å². The zero-order valence-electron chi connectivity index (χ0n) is 19.0. The molecule has 0 bridgehead atoms. The number of carbonyl (C=O) groups is 2. The number of hydrogen-bond acceptors (Lipinski definition) is 7.